The molecule has 0 spiro atoms. The lowest BCUT2D eigenvalue weighted by molar-refractivity contribution is -0.908. The van der Waals surface area contributed by atoms with Crippen molar-refractivity contribution < 1.29 is 33.8 Å². The number of ketones is 1. The van der Waals surface area contributed by atoms with E-state index in [2.05, 4.69) is 0 Å². The maximum absolute atomic E-state index is 13.7. The first-order valence-corrected chi connectivity index (χ1v) is 13.6. The predicted molar refractivity (Wildman–Crippen MR) is 142 cm³/mol. The van der Waals surface area contributed by atoms with Crippen LogP contribution in [-0.2, 0) is 14.3 Å². The molecule has 2 aromatic carbocycles. The average Bonchev–Trinajstić information content (AvgIpc) is 3.17. The normalized spacial score (nSPS) is 19.8. The SMILES string of the molecule is CCCOc1cccc(C2/C(=C(\[O-])c3ccc(OC(C)C)cc3)C(=O)C(=O)N2CCC[NH+]2CCOCC2)c1. The Morgan fingerprint density at radius 2 is 1.84 bits per heavy atom. The summed E-state index contributed by atoms with van der Waals surface area (Å²) in [6.07, 6.45) is 1.58. The molecule has 2 fully saturated rings. The number of hydrogen-bond donors (Lipinski definition) is 1. The number of amides is 1. The Labute approximate surface area is 224 Å². The van der Waals surface area contributed by atoms with E-state index in [0.29, 0.717) is 35.8 Å². The van der Waals surface area contributed by atoms with Crippen molar-refractivity contribution in [3.63, 3.8) is 0 Å². The minimum Gasteiger partial charge on any atom is -0.872 e. The lowest BCUT2D eigenvalue weighted by Gasteiger charge is -2.29. The summed E-state index contributed by atoms with van der Waals surface area (Å²) < 4.78 is 16.9. The Morgan fingerprint density at radius 1 is 1.11 bits per heavy atom. The van der Waals surface area contributed by atoms with Crippen molar-refractivity contribution >= 4 is 17.4 Å². The van der Waals surface area contributed by atoms with Gasteiger partial charge in [-0.1, -0.05) is 36.9 Å². The molecule has 8 nitrogen and oxygen atoms in total. The number of quaternary nitrogens is 1. The van der Waals surface area contributed by atoms with Gasteiger partial charge >= 0.3 is 0 Å². The highest BCUT2D eigenvalue weighted by Gasteiger charge is 2.44. The van der Waals surface area contributed by atoms with Gasteiger partial charge in [-0.15, -0.1) is 0 Å². The minimum atomic E-state index is -0.765. The summed E-state index contributed by atoms with van der Waals surface area (Å²) in [7, 11) is 0. The van der Waals surface area contributed by atoms with E-state index in [9.17, 15) is 14.7 Å². The molecule has 8 heteroatoms. The number of morpholine rings is 1. The largest absolute Gasteiger partial charge is 0.872 e. The van der Waals surface area contributed by atoms with Gasteiger partial charge in [-0.2, -0.15) is 0 Å². The highest BCUT2D eigenvalue weighted by molar-refractivity contribution is 6.46. The van der Waals surface area contributed by atoms with Gasteiger partial charge in [-0.3, -0.25) is 9.59 Å². The lowest BCUT2D eigenvalue weighted by Crippen LogP contribution is -3.14. The number of carbonyl (C=O) groups is 2. The molecule has 204 valence electrons. The van der Waals surface area contributed by atoms with Gasteiger partial charge in [0.2, 0.25) is 5.78 Å². The average molecular weight is 523 g/mol. The molecule has 0 bridgehead atoms. The fourth-order valence-electron chi connectivity index (χ4n) is 4.96. The minimum absolute atomic E-state index is 0.000556. The summed E-state index contributed by atoms with van der Waals surface area (Å²) in [6, 6.07) is 13.3. The summed E-state index contributed by atoms with van der Waals surface area (Å²) in [5.41, 5.74) is 1.03. The van der Waals surface area contributed by atoms with Crippen LogP contribution in [0.3, 0.4) is 0 Å². The molecule has 1 N–H and O–H groups in total. The number of likely N-dealkylation sites (tertiary alicyclic amines) is 1. The van der Waals surface area contributed by atoms with Gasteiger partial charge in [0.15, 0.2) is 0 Å². The molecule has 0 aromatic heterocycles. The molecule has 1 amide bonds. The Bertz CT molecular complexity index is 1140. The van der Waals surface area contributed by atoms with Gasteiger partial charge in [0.05, 0.1) is 38.5 Å². The van der Waals surface area contributed by atoms with Gasteiger partial charge in [-0.05, 0) is 55.7 Å². The molecule has 2 heterocycles. The fourth-order valence-corrected chi connectivity index (χ4v) is 4.96. The number of Topliss-reactive ketones (excluding diaryl/α,β-unsaturated/α-hetero) is 1. The van der Waals surface area contributed by atoms with E-state index < -0.39 is 23.5 Å². The van der Waals surface area contributed by atoms with E-state index in [-0.39, 0.29) is 11.7 Å². The monoisotopic (exact) mass is 522 g/mol. The molecular formula is C30H38N2O6. The number of rotatable bonds is 11. The molecule has 2 saturated heterocycles. The Kier molecular flexibility index (Phi) is 9.42. The third kappa shape index (κ3) is 6.55. The van der Waals surface area contributed by atoms with E-state index in [1.165, 1.54) is 4.90 Å². The molecule has 0 saturated carbocycles. The number of ether oxygens (including phenoxy) is 3. The van der Waals surface area contributed by atoms with Gasteiger partial charge in [0, 0.05) is 18.5 Å². The van der Waals surface area contributed by atoms with Crippen molar-refractivity contribution in [2.45, 2.75) is 45.8 Å². The van der Waals surface area contributed by atoms with E-state index in [4.69, 9.17) is 14.2 Å². The van der Waals surface area contributed by atoms with Crippen molar-refractivity contribution in [2.75, 3.05) is 46.0 Å². The zero-order chi connectivity index (χ0) is 27.1. The van der Waals surface area contributed by atoms with Crippen LogP contribution in [0.4, 0.5) is 0 Å². The van der Waals surface area contributed by atoms with E-state index >= 15 is 0 Å². The molecule has 1 unspecified atom stereocenters. The molecule has 2 aromatic rings. The second-order valence-electron chi connectivity index (χ2n) is 10.1. The first kappa shape index (κ1) is 27.7. The highest BCUT2D eigenvalue weighted by Crippen LogP contribution is 2.39. The predicted octanol–water partition coefficient (Wildman–Crippen LogP) is 1.79. The van der Waals surface area contributed by atoms with Gasteiger partial charge in [0.25, 0.3) is 5.91 Å². The summed E-state index contributed by atoms with van der Waals surface area (Å²) in [5.74, 6) is -0.516. The fraction of sp³-hybridized carbons (Fsp3) is 0.467. The van der Waals surface area contributed by atoms with Crippen LogP contribution >= 0.6 is 0 Å². The van der Waals surface area contributed by atoms with Crippen LogP contribution in [0.1, 0.15) is 50.8 Å². The van der Waals surface area contributed by atoms with E-state index in [1.54, 1.807) is 29.2 Å². The quantitative estimate of drug-likeness (QED) is 0.275. The van der Waals surface area contributed by atoms with Crippen molar-refractivity contribution in [2.24, 2.45) is 0 Å². The van der Waals surface area contributed by atoms with E-state index in [1.807, 2.05) is 45.0 Å². The standard InChI is InChI=1S/C30H38N2O6/c1-4-17-37-25-8-5-7-23(20-25)27-26(28(33)22-9-11-24(12-10-22)38-21(2)3)29(34)30(35)32(27)14-6-13-31-15-18-36-19-16-31/h5,7-12,20-21,27,33H,4,6,13-19H2,1-3H3/b28-26+. The highest BCUT2D eigenvalue weighted by atomic mass is 16.5. The van der Waals surface area contributed by atoms with Crippen LogP contribution in [0.2, 0.25) is 0 Å². The second-order valence-corrected chi connectivity index (χ2v) is 10.1. The Morgan fingerprint density at radius 3 is 2.53 bits per heavy atom. The summed E-state index contributed by atoms with van der Waals surface area (Å²) >= 11 is 0. The van der Waals surface area contributed by atoms with Gasteiger partial charge in [-0.25, -0.2) is 0 Å². The molecule has 1 atom stereocenters. The van der Waals surface area contributed by atoms with Gasteiger partial charge < -0.3 is 29.1 Å². The van der Waals surface area contributed by atoms with E-state index in [0.717, 1.165) is 45.7 Å². The summed E-state index contributed by atoms with van der Waals surface area (Å²) in [6.45, 7) is 11.0. The maximum Gasteiger partial charge on any atom is 0.295 e. The lowest BCUT2D eigenvalue weighted by atomic mass is 9.95. The molecule has 0 aliphatic carbocycles. The molecule has 0 radical (unpaired) electrons. The number of hydrogen-bond acceptors (Lipinski definition) is 6. The first-order valence-electron chi connectivity index (χ1n) is 13.6. The smallest absolute Gasteiger partial charge is 0.295 e. The number of benzene rings is 2. The zero-order valence-corrected chi connectivity index (χ0v) is 22.5. The van der Waals surface area contributed by atoms with Crippen molar-refractivity contribution in [3.05, 3.63) is 65.2 Å². The Hall–Kier alpha value is -3.36. The number of carbonyl (C=O) groups excluding carboxylic acids is 2. The van der Waals surface area contributed by atoms with Crippen molar-refractivity contribution in [3.8, 4) is 11.5 Å². The summed E-state index contributed by atoms with van der Waals surface area (Å²) in [5, 5.41) is 13.7. The van der Waals surface area contributed by atoms with Crippen LogP contribution in [0.5, 0.6) is 11.5 Å². The topological polar surface area (TPSA) is 92.6 Å². The zero-order valence-electron chi connectivity index (χ0n) is 22.5. The van der Waals surface area contributed by atoms with Crippen molar-refractivity contribution in [1.29, 1.82) is 0 Å². The van der Waals surface area contributed by atoms with Crippen LogP contribution in [0.15, 0.2) is 54.1 Å². The second kappa shape index (κ2) is 12.9. The number of nitrogens with zero attached hydrogens (tertiary/aromatic N) is 1. The van der Waals surface area contributed by atoms with Gasteiger partial charge in [0.1, 0.15) is 24.6 Å². The number of nitrogens with one attached hydrogen (secondary N) is 1. The Balaban J connectivity index is 1.66. The summed E-state index contributed by atoms with van der Waals surface area (Å²) in [4.78, 5) is 29.6. The maximum atomic E-state index is 13.7. The molecule has 2 aliphatic heterocycles. The third-order valence-corrected chi connectivity index (χ3v) is 6.79. The van der Waals surface area contributed by atoms with Crippen LogP contribution in [0.25, 0.3) is 5.76 Å². The van der Waals surface area contributed by atoms with Crippen LogP contribution < -0.4 is 19.5 Å². The molecular weight excluding hydrogens is 484 g/mol. The van der Waals surface area contributed by atoms with Crippen molar-refractivity contribution in [1.82, 2.24) is 4.90 Å². The van der Waals surface area contributed by atoms with Crippen LogP contribution in [-0.4, -0.2) is 68.7 Å². The van der Waals surface area contributed by atoms with Crippen LogP contribution in [0, 0.1) is 0 Å². The third-order valence-electron chi connectivity index (χ3n) is 6.79. The molecule has 38 heavy (non-hydrogen) atoms. The molecule has 4 rings (SSSR count). The first-order chi connectivity index (χ1) is 18.4. The molecule has 2 aliphatic rings.